The van der Waals surface area contributed by atoms with E-state index in [1.54, 1.807) is 45.0 Å². The molecule has 8 heteroatoms. The molecule has 0 atom stereocenters. The number of halogens is 1. The van der Waals surface area contributed by atoms with Gasteiger partial charge < -0.3 is 19.6 Å². The standard InChI is InChI=1S/C28H26ClN3O4/c1-28(2,3)36-27(34)24(16-20-10-7-13-35-20)32-26-23(14-18-8-5-4-6-9-18)31-25(17-30-26)21-15-19(33)11-12-22(21)29/h4-13,15-17,33H,14H2,1-3H3,(H,30,32)/b24-16-. The van der Waals surface area contributed by atoms with E-state index in [1.165, 1.54) is 24.6 Å². The fourth-order valence-electron chi connectivity index (χ4n) is 3.41. The zero-order chi connectivity index (χ0) is 25.7. The molecule has 0 bridgehead atoms. The lowest BCUT2D eigenvalue weighted by Gasteiger charge is -2.21. The first kappa shape index (κ1) is 25.0. The minimum absolute atomic E-state index is 0.0663. The highest BCUT2D eigenvalue weighted by atomic mass is 35.5. The van der Waals surface area contributed by atoms with Gasteiger partial charge in [-0.15, -0.1) is 0 Å². The molecule has 0 spiro atoms. The molecule has 0 saturated heterocycles. The fourth-order valence-corrected chi connectivity index (χ4v) is 3.62. The molecule has 2 aromatic heterocycles. The van der Waals surface area contributed by atoms with Crippen LogP contribution in [0.3, 0.4) is 0 Å². The largest absolute Gasteiger partial charge is 0.508 e. The maximum absolute atomic E-state index is 13.0. The van der Waals surface area contributed by atoms with Crippen molar-refractivity contribution in [3.63, 3.8) is 0 Å². The third kappa shape index (κ3) is 6.52. The van der Waals surface area contributed by atoms with Crippen molar-refractivity contribution >= 4 is 29.5 Å². The van der Waals surface area contributed by atoms with Crippen LogP contribution in [0.15, 0.2) is 83.2 Å². The number of carbonyl (C=O) groups excluding carboxylic acids is 1. The number of esters is 1. The number of anilines is 1. The van der Waals surface area contributed by atoms with Crippen molar-refractivity contribution in [3.05, 3.63) is 101 Å². The van der Waals surface area contributed by atoms with Gasteiger partial charge in [-0.2, -0.15) is 0 Å². The van der Waals surface area contributed by atoms with Gasteiger partial charge >= 0.3 is 5.97 Å². The Balaban J connectivity index is 1.77. The molecule has 2 aromatic carbocycles. The van der Waals surface area contributed by atoms with Crippen LogP contribution >= 0.6 is 11.6 Å². The third-order valence-corrected chi connectivity index (χ3v) is 5.32. The van der Waals surface area contributed by atoms with Crippen molar-refractivity contribution in [3.8, 4) is 17.0 Å². The Labute approximate surface area is 214 Å². The molecule has 36 heavy (non-hydrogen) atoms. The molecular weight excluding hydrogens is 478 g/mol. The van der Waals surface area contributed by atoms with Crippen molar-refractivity contribution < 1.29 is 19.1 Å². The SMILES string of the molecule is CC(C)(C)OC(=O)/C(=C/c1ccco1)Nc1ncc(-c2cc(O)ccc2Cl)nc1Cc1ccccc1. The van der Waals surface area contributed by atoms with Crippen molar-refractivity contribution in [1.29, 1.82) is 0 Å². The lowest BCUT2D eigenvalue weighted by Crippen LogP contribution is -2.27. The number of hydrogen-bond acceptors (Lipinski definition) is 7. The first-order chi connectivity index (χ1) is 17.2. The molecule has 4 aromatic rings. The number of phenols is 1. The van der Waals surface area contributed by atoms with Crippen LogP contribution < -0.4 is 5.32 Å². The molecule has 0 fully saturated rings. The fraction of sp³-hybridized carbons (Fsp3) is 0.179. The highest BCUT2D eigenvalue weighted by Gasteiger charge is 2.22. The van der Waals surface area contributed by atoms with Crippen LogP contribution in [0, 0.1) is 0 Å². The Morgan fingerprint density at radius 2 is 1.92 bits per heavy atom. The molecule has 0 amide bonds. The van der Waals surface area contributed by atoms with Gasteiger partial charge in [0, 0.05) is 18.1 Å². The number of aromatic nitrogens is 2. The van der Waals surface area contributed by atoms with Crippen molar-refractivity contribution in [2.45, 2.75) is 32.8 Å². The minimum atomic E-state index is -0.699. The quantitative estimate of drug-likeness (QED) is 0.220. The molecular formula is C28H26ClN3O4. The number of aromatic hydroxyl groups is 1. The molecule has 0 unspecified atom stereocenters. The Morgan fingerprint density at radius 3 is 2.61 bits per heavy atom. The summed E-state index contributed by atoms with van der Waals surface area (Å²) in [5, 5.41) is 13.5. The van der Waals surface area contributed by atoms with Crippen LogP contribution in [0.25, 0.3) is 17.3 Å². The number of nitrogens with zero attached hydrogens (tertiary/aromatic N) is 2. The van der Waals surface area contributed by atoms with Crippen LogP contribution in [-0.4, -0.2) is 26.6 Å². The van der Waals surface area contributed by atoms with Crippen LogP contribution in [0.2, 0.25) is 5.02 Å². The summed E-state index contributed by atoms with van der Waals surface area (Å²) in [4.78, 5) is 22.4. The first-order valence-corrected chi connectivity index (χ1v) is 11.7. The highest BCUT2D eigenvalue weighted by Crippen LogP contribution is 2.31. The summed E-state index contributed by atoms with van der Waals surface area (Å²) in [6.45, 7) is 5.39. The van der Waals surface area contributed by atoms with Gasteiger partial charge in [0.1, 0.15) is 22.8 Å². The monoisotopic (exact) mass is 503 g/mol. The molecule has 0 aliphatic heterocycles. The summed E-state index contributed by atoms with van der Waals surface area (Å²) in [5.74, 6) is 0.356. The van der Waals surface area contributed by atoms with Crippen LogP contribution in [0.1, 0.15) is 37.8 Å². The van der Waals surface area contributed by atoms with E-state index in [9.17, 15) is 9.90 Å². The molecule has 2 heterocycles. The predicted molar refractivity (Wildman–Crippen MR) is 140 cm³/mol. The zero-order valence-corrected chi connectivity index (χ0v) is 20.9. The van der Waals surface area contributed by atoms with Gasteiger partial charge in [0.05, 0.1) is 28.9 Å². The van der Waals surface area contributed by atoms with Gasteiger partial charge in [0.2, 0.25) is 0 Å². The van der Waals surface area contributed by atoms with E-state index in [1.807, 2.05) is 30.3 Å². The molecule has 0 saturated carbocycles. The summed E-state index contributed by atoms with van der Waals surface area (Å²) in [6.07, 6.45) is 5.05. The maximum Gasteiger partial charge on any atom is 0.355 e. The topological polar surface area (TPSA) is 97.5 Å². The Hall–Kier alpha value is -4.10. The van der Waals surface area contributed by atoms with Crippen LogP contribution in [0.4, 0.5) is 5.82 Å². The summed E-state index contributed by atoms with van der Waals surface area (Å²) in [6, 6.07) is 17.9. The van der Waals surface area contributed by atoms with Gasteiger partial charge in [-0.05, 0) is 56.7 Å². The number of carbonyl (C=O) groups is 1. The second-order valence-electron chi connectivity index (χ2n) is 9.08. The van der Waals surface area contributed by atoms with Gasteiger partial charge in [0.25, 0.3) is 0 Å². The molecule has 0 aliphatic rings. The number of hydrogen-bond donors (Lipinski definition) is 2. The summed E-state index contributed by atoms with van der Waals surface area (Å²) < 4.78 is 11.0. The number of nitrogens with one attached hydrogen (secondary N) is 1. The molecule has 0 aliphatic carbocycles. The van der Waals surface area contributed by atoms with Gasteiger partial charge in [-0.1, -0.05) is 41.9 Å². The van der Waals surface area contributed by atoms with Crippen molar-refractivity contribution in [2.75, 3.05) is 5.32 Å². The van der Waals surface area contributed by atoms with E-state index in [2.05, 4.69) is 10.3 Å². The third-order valence-electron chi connectivity index (χ3n) is 4.99. The molecule has 0 radical (unpaired) electrons. The predicted octanol–water partition coefficient (Wildman–Crippen LogP) is 6.48. The Kier molecular flexibility index (Phi) is 7.41. The van der Waals surface area contributed by atoms with Gasteiger partial charge in [-0.3, -0.25) is 0 Å². The second-order valence-corrected chi connectivity index (χ2v) is 9.48. The second kappa shape index (κ2) is 10.7. The smallest absolute Gasteiger partial charge is 0.355 e. The summed E-state index contributed by atoms with van der Waals surface area (Å²) in [7, 11) is 0. The number of rotatable bonds is 7. The number of phenolic OH excluding ortho intramolecular Hbond substituents is 1. The van der Waals surface area contributed by atoms with E-state index >= 15 is 0 Å². The Morgan fingerprint density at radius 1 is 1.14 bits per heavy atom. The van der Waals surface area contributed by atoms with Crippen molar-refractivity contribution in [1.82, 2.24) is 9.97 Å². The van der Waals surface area contributed by atoms with E-state index in [0.717, 1.165) is 5.56 Å². The molecule has 2 N–H and O–H groups in total. The minimum Gasteiger partial charge on any atom is -0.508 e. The summed E-state index contributed by atoms with van der Waals surface area (Å²) in [5.41, 5.74) is 2.06. The van der Waals surface area contributed by atoms with Gasteiger partial charge in [0.15, 0.2) is 5.82 Å². The molecule has 7 nitrogen and oxygen atoms in total. The molecule has 4 rings (SSSR count). The van der Waals surface area contributed by atoms with E-state index < -0.39 is 11.6 Å². The van der Waals surface area contributed by atoms with Crippen molar-refractivity contribution in [2.24, 2.45) is 0 Å². The number of furan rings is 1. The first-order valence-electron chi connectivity index (χ1n) is 11.3. The average molecular weight is 504 g/mol. The number of benzene rings is 2. The van der Waals surface area contributed by atoms with Crippen LogP contribution in [-0.2, 0) is 16.0 Å². The number of ether oxygens (including phenoxy) is 1. The average Bonchev–Trinajstić information content (AvgIpc) is 3.34. The van der Waals surface area contributed by atoms with E-state index in [-0.39, 0.29) is 11.4 Å². The molecule has 184 valence electrons. The van der Waals surface area contributed by atoms with Crippen LogP contribution in [0.5, 0.6) is 5.75 Å². The Bertz CT molecular complexity index is 1380. The lowest BCUT2D eigenvalue weighted by molar-refractivity contribution is -0.149. The zero-order valence-electron chi connectivity index (χ0n) is 20.2. The highest BCUT2D eigenvalue weighted by molar-refractivity contribution is 6.33. The van der Waals surface area contributed by atoms with E-state index in [4.69, 9.17) is 25.7 Å². The maximum atomic E-state index is 13.0. The van der Waals surface area contributed by atoms with Gasteiger partial charge in [-0.25, -0.2) is 14.8 Å². The summed E-state index contributed by atoms with van der Waals surface area (Å²) >= 11 is 6.37. The lowest BCUT2D eigenvalue weighted by atomic mass is 10.1. The normalized spacial score (nSPS) is 11.8. The van der Waals surface area contributed by atoms with E-state index in [0.29, 0.717) is 40.0 Å².